The third kappa shape index (κ3) is 2.61. The number of rotatable bonds is 3. The van der Waals surface area contributed by atoms with Gasteiger partial charge in [-0.1, -0.05) is 29.8 Å². The van der Waals surface area contributed by atoms with Crippen LogP contribution in [-0.4, -0.2) is 32.8 Å². The van der Waals surface area contributed by atoms with Crippen LogP contribution in [0.4, 0.5) is 5.95 Å². The summed E-state index contributed by atoms with van der Waals surface area (Å²) in [5.74, 6) is 1.55. The number of fused-ring (bicyclic) bond motifs is 4. The molecule has 5 rings (SSSR count). The molecular weight excluding hydrogens is 368 g/mol. The van der Waals surface area contributed by atoms with Crippen molar-refractivity contribution in [1.82, 2.24) is 19.7 Å². The minimum absolute atomic E-state index is 0.190. The van der Waals surface area contributed by atoms with Gasteiger partial charge < -0.3 is 14.0 Å². The molecule has 0 unspecified atom stereocenters. The molecule has 0 atom stereocenters. The number of nitrogens with zero attached hydrogens (tertiary/aromatic N) is 5. The van der Waals surface area contributed by atoms with Crippen molar-refractivity contribution in [3.05, 3.63) is 47.0 Å². The highest BCUT2D eigenvalue weighted by Gasteiger charge is 2.16. The zero-order chi connectivity index (χ0) is 18.4. The molecule has 4 aromatic rings. The van der Waals surface area contributed by atoms with Gasteiger partial charge >= 0.3 is 0 Å². The third-order valence-electron chi connectivity index (χ3n) is 4.37. The number of nitrogens with one attached hydrogen (secondary N) is 1. The zero-order valence-electron chi connectivity index (χ0n) is 14.2. The first-order valence-corrected chi connectivity index (χ1v) is 8.54. The van der Waals surface area contributed by atoms with Crippen LogP contribution < -0.4 is 14.9 Å². The van der Waals surface area contributed by atoms with E-state index in [-0.39, 0.29) is 6.79 Å². The Morgan fingerprint density at radius 3 is 2.89 bits per heavy atom. The predicted molar refractivity (Wildman–Crippen MR) is 103 cm³/mol. The van der Waals surface area contributed by atoms with Crippen LogP contribution in [0.1, 0.15) is 5.56 Å². The smallest absolute Gasteiger partial charge is 0.265 e. The average Bonchev–Trinajstić information content (AvgIpc) is 3.25. The summed E-state index contributed by atoms with van der Waals surface area (Å²) in [6.07, 6.45) is 1.57. The van der Waals surface area contributed by atoms with Crippen molar-refractivity contribution in [3.8, 4) is 11.5 Å². The summed E-state index contributed by atoms with van der Waals surface area (Å²) < 4.78 is 12.6. The molecule has 0 fully saturated rings. The standard InChI is InChI=1S/C18H13ClN6O2/c1-25-13-5-3-2-4-11(13)16-17(25)21-18(24-22-16)23-20-8-10-6-14-15(7-12(10)19)27-9-26-14/h2-8H,9H2,1H3,(H,21,23,24)/b20-8+. The van der Waals surface area contributed by atoms with E-state index in [1.54, 1.807) is 18.3 Å². The van der Waals surface area contributed by atoms with Gasteiger partial charge in [-0.05, 0) is 12.1 Å². The van der Waals surface area contributed by atoms with Gasteiger partial charge in [0.1, 0.15) is 5.52 Å². The highest BCUT2D eigenvalue weighted by molar-refractivity contribution is 6.33. The van der Waals surface area contributed by atoms with E-state index in [0.29, 0.717) is 28.0 Å². The van der Waals surface area contributed by atoms with Gasteiger partial charge in [0.05, 0.1) is 16.8 Å². The van der Waals surface area contributed by atoms with Crippen LogP contribution in [0.5, 0.6) is 11.5 Å². The van der Waals surface area contributed by atoms with Gasteiger partial charge in [0, 0.05) is 24.1 Å². The first-order valence-electron chi connectivity index (χ1n) is 8.17. The number of halogens is 1. The number of hydrogen-bond donors (Lipinski definition) is 1. The normalized spacial score (nSPS) is 13.1. The molecule has 1 aliphatic rings. The molecular formula is C18H13ClN6O2. The fourth-order valence-corrected chi connectivity index (χ4v) is 3.25. The molecule has 0 spiro atoms. The van der Waals surface area contributed by atoms with E-state index in [4.69, 9.17) is 21.1 Å². The van der Waals surface area contributed by atoms with Gasteiger partial charge in [-0.3, -0.25) is 0 Å². The molecule has 27 heavy (non-hydrogen) atoms. The van der Waals surface area contributed by atoms with Crippen LogP contribution in [0.25, 0.3) is 22.1 Å². The summed E-state index contributed by atoms with van der Waals surface area (Å²) in [5.41, 5.74) is 6.00. The number of aryl methyl sites for hydroxylation is 1. The van der Waals surface area contributed by atoms with Crippen molar-refractivity contribution in [2.45, 2.75) is 0 Å². The summed E-state index contributed by atoms with van der Waals surface area (Å²) >= 11 is 6.23. The third-order valence-corrected chi connectivity index (χ3v) is 4.69. The average molecular weight is 381 g/mol. The lowest BCUT2D eigenvalue weighted by molar-refractivity contribution is 0.174. The second-order valence-corrected chi connectivity index (χ2v) is 6.39. The van der Waals surface area contributed by atoms with E-state index in [1.165, 1.54) is 0 Å². The number of ether oxygens (including phenoxy) is 2. The largest absolute Gasteiger partial charge is 0.454 e. The van der Waals surface area contributed by atoms with Crippen molar-refractivity contribution in [2.24, 2.45) is 12.1 Å². The van der Waals surface area contributed by atoms with Crippen molar-refractivity contribution in [3.63, 3.8) is 0 Å². The molecule has 0 saturated heterocycles. The van der Waals surface area contributed by atoms with E-state index >= 15 is 0 Å². The van der Waals surface area contributed by atoms with Crippen molar-refractivity contribution in [1.29, 1.82) is 0 Å². The van der Waals surface area contributed by atoms with E-state index in [2.05, 4.69) is 25.7 Å². The van der Waals surface area contributed by atoms with Gasteiger partial charge in [0.15, 0.2) is 17.1 Å². The molecule has 0 aliphatic carbocycles. The maximum atomic E-state index is 6.23. The first kappa shape index (κ1) is 15.8. The summed E-state index contributed by atoms with van der Waals surface area (Å²) in [4.78, 5) is 4.51. The van der Waals surface area contributed by atoms with Crippen molar-refractivity contribution in [2.75, 3.05) is 12.2 Å². The van der Waals surface area contributed by atoms with Crippen LogP contribution in [0, 0.1) is 0 Å². The van der Waals surface area contributed by atoms with Gasteiger partial charge in [-0.15, -0.1) is 10.2 Å². The number of anilines is 1. The summed E-state index contributed by atoms with van der Waals surface area (Å²) in [7, 11) is 1.94. The molecule has 0 bridgehead atoms. The monoisotopic (exact) mass is 380 g/mol. The summed E-state index contributed by atoms with van der Waals surface area (Å²) in [6.45, 7) is 0.190. The highest BCUT2D eigenvalue weighted by atomic mass is 35.5. The Morgan fingerprint density at radius 1 is 1.19 bits per heavy atom. The first-order chi connectivity index (χ1) is 13.2. The Labute approximate surface area is 158 Å². The number of aromatic nitrogens is 4. The second kappa shape index (κ2) is 6.10. The Bertz CT molecular complexity index is 1220. The van der Waals surface area contributed by atoms with Crippen LogP contribution >= 0.6 is 11.6 Å². The SMILES string of the molecule is Cn1c2ccccc2c2nnc(N/N=C/c3cc4c(cc3Cl)OCO4)nc21. The Hall–Kier alpha value is -3.39. The van der Waals surface area contributed by atoms with Crippen LogP contribution in [-0.2, 0) is 7.05 Å². The minimum atomic E-state index is 0.190. The predicted octanol–water partition coefficient (Wildman–Crippen LogP) is 3.34. The van der Waals surface area contributed by atoms with Gasteiger partial charge in [0.25, 0.3) is 5.95 Å². The van der Waals surface area contributed by atoms with Crippen molar-refractivity contribution >= 4 is 45.8 Å². The molecule has 9 heteroatoms. The molecule has 3 heterocycles. The highest BCUT2D eigenvalue weighted by Crippen LogP contribution is 2.36. The molecule has 134 valence electrons. The molecule has 8 nitrogen and oxygen atoms in total. The van der Waals surface area contributed by atoms with Gasteiger partial charge in [-0.25, -0.2) is 5.43 Å². The van der Waals surface area contributed by atoms with E-state index < -0.39 is 0 Å². The quantitative estimate of drug-likeness (QED) is 0.433. The maximum absolute atomic E-state index is 6.23. The number of benzene rings is 2. The molecule has 0 saturated carbocycles. The van der Waals surface area contributed by atoms with Crippen LogP contribution in [0.15, 0.2) is 41.5 Å². The number of hydrazone groups is 1. The maximum Gasteiger partial charge on any atom is 0.265 e. The number of hydrogen-bond acceptors (Lipinski definition) is 7. The van der Waals surface area contributed by atoms with E-state index in [0.717, 1.165) is 22.1 Å². The van der Waals surface area contributed by atoms with Crippen molar-refractivity contribution < 1.29 is 9.47 Å². The molecule has 2 aromatic carbocycles. The molecule has 0 amide bonds. The Kier molecular flexibility index (Phi) is 3.58. The fraction of sp³-hybridized carbons (Fsp3) is 0.111. The lowest BCUT2D eigenvalue weighted by Crippen LogP contribution is -2.01. The van der Waals surface area contributed by atoms with Gasteiger partial charge in [0.2, 0.25) is 6.79 Å². The van der Waals surface area contributed by atoms with Gasteiger partial charge in [-0.2, -0.15) is 10.1 Å². The topological polar surface area (TPSA) is 86.5 Å². The lowest BCUT2D eigenvalue weighted by Gasteiger charge is -2.02. The molecule has 2 aromatic heterocycles. The summed E-state index contributed by atoms with van der Waals surface area (Å²) in [5, 5.41) is 14.1. The minimum Gasteiger partial charge on any atom is -0.454 e. The van der Waals surface area contributed by atoms with E-state index in [1.807, 2.05) is 35.9 Å². The Morgan fingerprint density at radius 2 is 2.00 bits per heavy atom. The number of para-hydroxylation sites is 1. The van der Waals surface area contributed by atoms with Crippen LogP contribution in [0.3, 0.4) is 0 Å². The van der Waals surface area contributed by atoms with Crippen LogP contribution in [0.2, 0.25) is 5.02 Å². The van der Waals surface area contributed by atoms with E-state index in [9.17, 15) is 0 Å². The summed E-state index contributed by atoms with van der Waals surface area (Å²) in [6, 6.07) is 11.4. The lowest BCUT2D eigenvalue weighted by atomic mass is 10.2. The Balaban J connectivity index is 1.44. The molecule has 1 aliphatic heterocycles. The molecule has 1 N–H and O–H groups in total. The fourth-order valence-electron chi connectivity index (χ4n) is 3.05. The second-order valence-electron chi connectivity index (χ2n) is 5.98. The molecule has 0 radical (unpaired) electrons. The zero-order valence-corrected chi connectivity index (χ0v) is 14.9.